The number of para-hydroxylation sites is 1. The maximum atomic E-state index is 12.2. The van der Waals surface area contributed by atoms with Crippen molar-refractivity contribution in [1.29, 1.82) is 0 Å². The van der Waals surface area contributed by atoms with Gasteiger partial charge in [-0.15, -0.1) is 0 Å². The first-order valence-corrected chi connectivity index (χ1v) is 7.25. The van der Waals surface area contributed by atoms with E-state index in [1.807, 2.05) is 24.3 Å². The van der Waals surface area contributed by atoms with Crippen LogP contribution >= 0.6 is 23.2 Å². The van der Waals surface area contributed by atoms with Gasteiger partial charge < -0.3 is 5.32 Å². The number of anilines is 1. The van der Waals surface area contributed by atoms with Crippen LogP contribution in [0.1, 0.15) is 10.4 Å². The van der Waals surface area contributed by atoms with Gasteiger partial charge in [0.15, 0.2) is 0 Å². The predicted octanol–water partition coefficient (Wildman–Crippen LogP) is 4.64. The Morgan fingerprint density at radius 3 is 2.68 bits per heavy atom. The van der Waals surface area contributed by atoms with E-state index in [0.29, 0.717) is 21.3 Å². The molecule has 0 bridgehead atoms. The number of halogens is 2. The average molecular weight is 332 g/mol. The molecular weight excluding hydrogens is 321 g/mol. The molecule has 0 unspecified atom stereocenters. The van der Waals surface area contributed by atoms with Crippen molar-refractivity contribution in [3.63, 3.8) is 0 Å². The van der Waals surface area contributed by atoms with Gasteiger partial charge in [0.1, 0.15) is 0 Å². The third-order valence-electron chi connectivity index (χ3n) is 3.15. The van der Waals surface area contributed by atoms with Crippen LogP contribution in [-0.2, 0) is 0 Å². The molecule has 3 aromatic rings. The number of carbonyl (C=O) groups is 1. The fourth-order valence-electron chi connectivity index (χ4n) is 2.10. The molecule has 0 atom stereocenters. The normalized spacial score (nSPS) is 10.5. The summed E-state index contributed by atoms with van der Waals surface area (Å²) in [6, 6.07) is 12.6. The van der Waals surface area contributed by atoms with Crippen molar-refractivity contribution >= 4 is 34.8 Å². The lowest BCUT2D eigenvalue weighted by molar-refractivity contribution is 0.102. The number of nitrogens with one attached hydrogen (secondary N) is 2. The number of carbonyl (C=O) groups excluding carboxylic acids is 1. The highest BCUT2D eigenvalue weighted by Gasteiger charge is 2.13. The van der Waals surface area contributed by atoms with E-state index in [-0.39, 0.29) is 5.91 Å². The van der Waals surface area contributed by atoms with Crippen molar-refractivity contribution in [3.05, 3.63) is 70.5 Å². The first-order valence-electron chi connectivity index (χ1n) is 6.50. The Morgan fingerprint density at radius 2 is 1.91 bits per heavy atom. The predicted molar refractivity (Wildman–Crippen MR) is 88.4 cm³/mol. The summed E-state index contributed by atoms with van der Waals surface area (Å²) in [5, 5.41) is 10.4. The van der Waals surface area contributed by atoms with E-state index in [9.17, 15) is 4.79 Å². The molecule has 110 valence electrons. The molecule has 1 heterocycles. The molecule has 0 aliphatic carbocycles. The molecule has 2 aromatic carbocycles. The number of aromatic amines is 1. The highest BCUT2D eigenvalue weighted by atomic mass is 35.5. The minimum absolute atomic E-state index is 0.251. The van der Waals surface area contributed by atoms with Crippen molar-refractivity contribution in [1.82, 2.24) is 10.2 Å². The zero-order chi connectivity index (χ0) is 15.5. The quantitative estimate of drug-likeness (QED) is 0.734. The molecule has 0 fully saturated rings. The summed E-state index contributed by atoms with van der Waals surface area (Å²) in [6.07, 6.45) is 2.99. The third kappa shape index (κ3) is 2.98. The summed E-state index contributed by atoms with van der Waals surface area (Å²) in [6.45, 7) is 0. The number of benzene rings is 2. The second-order valence-corrected chi connectivity index (χ2v) is 5.45. The van der Waals surface area contributed by atoms with Gasteiger partial charge in [-0.25, -0.2) is 0 Å². The fraction of sp³-hybridized carbons (Fsp3) is 0. The van der Waals surface area contributed by atoms with Crippen LogP contribution in [0.25, 0.3) is 11.1 Å². The minimum atomic E-state index is -0.251. The van der Waals surface area contributed by atoms with Gasteiger partial charge in [0.05, 0.1) is 11.8 Å². The zero-order valence-corrected chi connectivity index (χ0v) is 12.8. The minimum Gasteiger partial charge on any atom is -0.321 e. The fourth-order valence-corrected chi connectivity index (χ4v) is 2.49. The van der Waals surface area contributed by atoms with Crippen LogP contribution in [0.4, 0.5) is 5.69 Å². The van der Waals surface area contributed by atoms with Gasteiger partial charge in [-0.3, -0.25) is 9.89 Å². The van der Waals surface area contributed by atoms with E-state index >= 15 is 0 Å². The van der Waals surface area contributed by atoms with Gasteiger partial charge in [-0.2, -0.15) is 5.10 Å². The number of hydrogen-bond donors (Lipinski definition) is 2. The second-order valence-electron chi connectivity index (χ2n) is 4.61. The number of rotatable bonds is 3. The molecular formula is C16H11Cl2N3O. The van der Waals surface area contributed by atoms with Crippen LogP contribution in [-0.4, -0.2) is 16.1 Å². The molecule has 2 N–H and O–H groups in total. The summed E-state index contributed by atoms with van der Waals surface area (Å²) in [7, 11) is 0. The first kappa shape index (κ1) is 14.6. The topological polar surface area (TPSA) is 57.8 Å². The molecule has 0 aliphatic rings. The van der Waals surface area contributed by atoms with Gasteiger partial charge >= 0.3 is 0 Å². The van der Waals surface area contributed by atoms with Crippen LogP contribution < -0.4 is 5.32 Å². The SMILES string of the molecule is O=C(Nc1ccccc1-c1cc(Cl)ccc1Cl)c1cn[nH]c1. The Balaban J connectivity index is 2.00. The van der Waals surface area contributed by atoms with E-state index in [4.69, 9.17) is 23.2 Å². The Bertz CT molecular complexity index is 816. The van der Waals surface area contributed by atoms with Crippen molar-refractivity contribution < 1.29 is 4.79 Å². The van der Waals surface area contributed by atoms with Gasteiger partial charge in [-0.05, 0) is 24.3 Å². The lowest BCUT2D eigenvalue weighted by Crippen LogP contribution is -2.11. The number of nitrogens with zero attached hydrogens (tertiary/aromatic N) is 1. The van der Waals surface area contributed by atoms with Gasteiger partial charge in [0, 0.05) is 33.1 Å². The van der Waals surface area contributed by atoms with Crippen LogP contribution in [0.15, 0.2) is 54.9 Å². The standard InChI is InChI=1S/C16H11Cl2N3O/c17-11-5-6-14(18)13(7-11)12-3-1-2-4-15(12)21-16(22)10-8-19-20-9-10/h1-9H,(H,19,20)(H,21,22). The summed E-state index contributed by atoms with van der Waals surface area (Å²) in [4.78, 5) is 12.2. The average Bonchev–Trinajstić information content (AvgIpc) is 3.05. The van der Waals surface area contributed by atoms with Gasteiger partial charge in [-0.1, -0.05) is 41.4 Å². The Kier molecular flexibility index (Phi) is 4.13. The Labute approximate surface area is 137 Å². The number of aromatic nitrogens is 2. The number of hydrogen-bond acceptors (Lipinski definition) is 2. The molecule has 22 heavy (non-hydrogen) atoms. The lowest BCUT2D eigenvalue weighted by atomic mass is 10.0. The van der Waals surface area contributed by atoms with Gasteiger partial charge in [0.2, 0.25) is 0 Å². The summed E-state index contributed by atoms with van der Waals surface area (Å²) in [5.41, 5.74) is 2.66. The summed E-state index contributed by atoms with van der Waals surface area (Å²) >= 11 is 12.3. The molecule has 6 heteroatoms. The molecule has 4 nitrogen and oxygen atoms in total. The van der Waals surface area contributed by atoms with Crippen molar-refractivity contribution in [3.8, 4) is 11.1 Å². The highest BCUT2D eigenvalue weighted by molar-refractivity contribution is 6.35. The molecule has 1 amide bonds. The third-order valence-corrected chi connectivity index (χ3v) is 3.72. The van der Waals surface area contributed by atoms with E-state index in [1.54, 1.807) is 18.2 Å². The van der Waals surface area contributed by atoms with Crippen LogP contribution in [0.2, 0.25) is 10.0 Å². The summed E-state index contributed by atoms with van der Waals surface area (Å²) < 4.78 is 0. The maximum absolute atomic E-state index is 12.2. The highest BCUT2D eigenvalue weighted by Crippen LogP contribution is 2.35. The molecule has 0 saturated carbocycles. The molecule has 0 radical (unpaired) electrons. The Morgan fingerprint density at radius 1 is 1.09 bits per heavy atom. The maximum Gasteiger partial charge on any atom is 0.258 e. The van der Waals surface area contributed by atoms with E-state index in [0.717, 1.165) is 11.1 Å². The van der Waals surface area contributed by atoms with Gasteiger partial charge in [0.25, 0.3) is 5.91 Å². The van der Waals surface area contributed by atoms with Crippen molar-refractivity contribution in [2.24, 2.45) is 0 Å². The van der Waals surface area contributed by atoms with E-state index in [2.05, 4.69) is 15.5 Å². The van der Waals surface area contributed by atoms with E-state index in [1.165, 1.54) is 12.4 Å². The largest absolute Gasteiger partial charge is 0.321 e. The van der Waals surface area contributed by atoms with Crippen molar-refractivity contribution in [2.45, 2.75) is 0 Å². The van der Waals surface area contributed by atoms with E-state index < -0.39 is 0 Å². The Hall–Kier alpha value is -2.30. The van der Waals surface area contributed by atoms with Crippen molar-refractivity contribution in [2.75, 3.05) is 5.32 Å². The molecule has 3 rings (SSSR count). The number of amides is 1. The lowest BCUT2D eigenvalue weighted by Gasteiger charge is -2.12. The number of H-pyrrole nitrogens is 1. The summed E-state index contributed by atoms with van der Waals surface area (Å²) in [5.74, 6) is -0.251. The molecule has 1 aromatic heterocycles. The molecule has 0 aliphatic heterocycles. The molecule has 0 saturated heterocycles. The van der Waals surface area contributed by atoms with Crippen LogP contribution in [0.3, 0.4) is 0 Å². The van der Waals surface area contributed by atoms with Crippen LogP contribution in [0, 0.1) is 0 Å². The smallest absolute Gasteiger partial charge is 0.258 e. The second kappa shape index (κ2) is 6.22. The zero-order valence-electron chi connectivity index (χ0n) is 11.3. The molecule has 0 spiro atoms. The monoisotopic (exact) mass is 331 g/mol. The first-order chi connectivity index (χ1) is 10.6. The van der Waals surface area contributed by atoms with Crippen LogP contribution in [0.5, 0.6) is 0 Å².